The number of ether oxygens (including phenoxy) is 3. The van der Waals surface area contributed by atoms with E-state index in [1.54, 1.807) is 86.0 Å². The van der Waals surface area contributed by atoms with Crippen LogP contribution in [-0.2, 0) is 19.6 Å². The number of hydrogen-bond acceptors (Lipinski definition) is 8. The molecule has 0 saturated carbocycles. The summed E-state index contributed by atoms with van der Waals surface area (Å²) in [6.07, 6.45) is 1.41. The van der Waals surface area contributed by atoms with E-state index < -0.39 is 22.5 Å². The highest BCUT2D eigenvalue weighted by atomic mass is 32.2. The van der Waals surface area contributed by atoms with Crippen LogP contribution in [0.1, 0.15) is 5.56 Å². The quantitative estimate of drug-likeness (QED) is 0.174. The van der Waals surface area contributed by atoms with E-state index in [-0.39, 0.29) is 17.4 Å². The molecule has 11 nitrogen and oxygen atoms in total. The van der Waals surface area contributed by atoms with Crippen LogP contribution in [0.4, 0.5) is 11.4 Å². The summed E-state index contributed by atoms with van der Waals surface area (Å²) >= 11 is 0. The third kappa shape index (κ3) is 8.57. The Bertz CT molecular complexity index is 1640. The highest BCUT2D eigenvalue weighted by Gasteiger charge is 2.27. The third-order valence-corrected chi connectivity index (χ3v) is 7.79. The van der Waals surface area contributed by atoms with Crippen LogP contribution in [0.2, 0.25) is 0 Å². The molecule has 4 rings (SSSR count). The summed E-state index contributed by atoms with van der Waals surface area (Å²) in [5.41, 5.74) is 3.95. The number of rotatable bonds is 13. The fourth-order valence-corrected chi connectivity index (χ4v) is 5.22. The molecule has 0 radical (unpaired) electrons. The van der Waals surface area contributed by atoms with Gasteiger partial charge in [0.05, 0.1) is 31.0 Å². The van der Waals surface area contributed by atoms with Gasteiger partial charge in [-0.05, 0) is 90.5 Å². The second-order valence-electron chi connectivity index (χ2n) is 8.95. The average Bonchev–Trinajstić information content (AvgIpc) is 3.04. The van der Waals surface area contributed by atoms with E-state index >= 15 is 0 Å². The van der Waals surface area contributed by atoms with Crippen LogP contribution in [0.5, 0.6) is 17.2 Å². The number of carbonyl (C=O) groups is 2. The minimum atomic E-state index is -4.07. The number of anilines is 2. The first-order valence-electron chi connectivity index (χ1n) is 13.0. The smallest absolute Gasteiger partial charge is 0.264 e. The van der Waals surface area contributed by atoms with Crippen molar-refractivity contribution in [2.24, 2.45) is 5.10 Å². The number of carbonyl (C=O) groups excluding carboxylic acids is 2. The fourth-order valence-electron chi connectivity index (χ4n) is 3.80. The molecule has 0 unspecified atom stereocenters. The van der Waals surface area contributed by atoms with Crippen LogP contribution >= 0.6 is 0 Å². The maximum Gasteiger partial charge on any atom is 0.264 e. The van der Waals surface area contributed by atoms with Gasteiger partial charge in [0.1, 0.15) is 23.8 Å². The van der Waals surface area contributed by atoms with Crippen molar-refractivity contribution < 1.29 is 32.2 Å². The SMILES string of the molecule is COc1ccc(NC(=O)COc2ccc(/C=N\NC(=O)CN(c3ccccc3)S(=O)(=O)c3ccc(OC)cc3)cc2)cc1. The summed E-state index contributed by atoms with van der Waals surface area (Å²) < 4.78 is 43.6. The van der Waals surface area contributed by atoms with Gasteiger partial charge in [0, 0.05) is 5.69 Å². The van der Waals surface area contributed by atoms with Crippen molar-refractivity contribution in [1.82, 2.24) is 5.43 Å². The summed E-state index contributed by atoms with van der Waals surface area (Å²) in [5, 5.41) is 6.69. The lowest BCUT2D eigenvalue weighted by Crippen LogP contribution is -2.39. The monoisotopic (exact) mass is 602 g/mol. The van der Waals surface area contributed by atoms with Gasteiger partial charge in [-0.1, -0.05) is 18.2 Å². The van der Waals surface area contributed by atoms with Crippen LogP contribution in [0.15, 0.2) is 113 Å². The minimum Gasteiger partial charge on any atom is -0.497 e. The second-order valence-corrected chi connectivity index (χ2v) is 10.8. The zero-order valence-corrected chi connectivity index (χ0v) is 24.3. The lowest BCUT2D eigenvalue weighted by molar-refractivity contribution is -0.119. The topological polar surface area (TPSA) is 136 Å². The highest BCUT2D eigenvalue weighted by molar-refractivity contribution is 7.92. The Morgan fingerprint density at radius 1 is 0.767 bits per heavy atom. The largest absolute Gasteiger partial charge is 0.497 e. The van der Waals surface area contributed by atoms with Gasteiger partial charge in [0.2, 0.25) is 0 Å². The molecule has 2 N–H and O–H groups in total. The predicted octanol–water partition coefficient (Wildman–Crippen LogP) is 4.07. The zero-order chi connectivity index (χ0) is 30.7. The first-order chi connectivity index (χ1) is 20.8. The summed E-state index contributed by atoms with van der Waals surface area (Å²) in [4.78, 5) is 24.9. The fraction of sp³-hybridized carbons (Fsp3) is 0.129. The number of methoxy groups -OCH3 is 2. The lowest BCUT2D eigenvalue weighted by atomic mass is 10.2. The number of nitrogens with one attached hydrogen (secondary N) is 2. The minimum absolute atomic E-state index is 0.00831. The Morgan fingerprint density at radius 3 is 1.95 bits per heavy atom. The molecule has 0 atom stereocenters. The molecule has 0 aliphatic heterocycles. The average molecular weight is 603 g/mol. The molecular formula is C31H30N4O7S. The predicted molar refractivity (Wildman–Crippen MR) is 163 cm³/mol. The van der Waals surface area contributed by atoms with E-state index in [1.165, 1.54) is 37.6 Å². The standard InChI is InChI=1S/C31H30N4O7S/c1-40-26-14-10-24(11-15-26)33-31(37)22-42-28-12-8-23(9-13-28)20-32-34-30(36)21-35(25-6-4-3-5-7-25)43(38,39)29-18-16-27(41-2)17-19-29/h3-20H,21-22H2,1-2H3,(H,33,37)(H,34,36)/b32-20-. The van der Waals surface area contributed by atoms with Gasteiger partial charge in [-0.3, -0.25) is 13.9 Å². The summed E-state index contributed by atoms with van der Waals surface area (Å²) in [5.74, 6) is 0.696. The molecule has 0 spiro atoms. The number of amides is 2. The van der Waals surface area contributed by atoms with Crippen LogP contribution in [-0.4, -0.2) is 53.8 Å². The molecule has 4 aromatic carbocycles. The van der Waals surface area contributed by atoms with Crippen LogP contribution in [0.25, 0.3) is 0 Å². The number of nitrogens with zero attached hydrogens (tertiary/aromatic N) is 2. The molecule has 0 aromatic heterocycles. The van der Waals surface area contributed by atoms with Crippen LogP contribution < -0.4 is 29.3 Å². The van der Waals surface area contributed by atoms with E-state index in [1.807, 2.05) is 0 Å². The molecule has 0 saturated heterocycles. The number of para-hydroxylation sites is 1. The second kappa shape index (κ2) is 14.5. The molecule has 43 heavy (non-hydrogen) atoms. The molecule has 0 aliphatic rings. The summed E-state index contributed by atoms with van der Waals surface area (Å²) in [7, 11) is -1.02. The number of sulfonamides is 1. The van der Waals surface area contributed by atoms with Gasteiger partial charge in [-0.25, -0.2) is 13.8 Å². The molecule has 222 valence electrons. The van der Waals surface area contributed by atoms with Crippen molar-refractivity contribution in [2.75, 3.05) is 37.0 Å². The number of benzene rings is 4. The summed E-state index contributed by atoms with van der Waals surface area (Å²) in [6.45, 7) is -0.687. The van der Waals surface area contributed by atoms with Crippen LogP contribution in [0, 0.1) is 0 Å². The summed E-state index contributed by atoms with van der Waals surface area (Å²) in [6, 6.07) is 27.8. The van der Waals surface area contributed by atoms with Gasteiger partial charge in [0.15, 0.2) is 6.61 Å². The van der Waals surface area contributed by atoms with E-state index in [4.69, 9.17) is 14.2 Å². The van der Waals surface area contributed by atoms with E-state index in [0.29, 0.717) is 34.2 Å². The normalized spacial score (nSPS) is 11.0. The van der Waals surface area contributed by atoms with E-state index in [0.717, 1.165) is 4.31 Å². The molecule has 0 aliphatic carbocycles. The van der Waals surface area contributed by atoms with Gasteiger partial charge in [-0.2, -0.15) is 5.10 Å². The Balaban J connectivity index is 1.32. The zero-order valence-electron chi connectivity index (χ0n) is 23.5. The molecule has 4 aromatic rings. The van der Waals surface area contributed by atoms with Gasteiger partial charge < -0.3 is 19.5 Å². The number of hydrazone groups is 1. The van der Waals surface area contributed by atoms with E-state index in [2.05, 4.69) is 15.8 Å². The van der Waals surface area contributed by atoms with Gasteiger partial charge in [0.25, 0.3) is 21.8 Å². The first-order valence-corrected chi connectivity index (χ1v) is 14.4. The van der Waals surface area contributed by atoms with Crippen molar-refractivity contribution in [3.8, 4) is 17.2 Å². The number of hydrogen-bond donors (Lipinski definition) is 2. The Kier molecular flexibility index (Phi) is 10.3. The molecule has 0 bridgehead atoms. The van der Waals surface area contributed by atoms with Gasteiger partial charge >= 0.3 is 0 Å². The van der Waals surface area contributed by atoms with Crippen LogP contribution in [0.3, 0.4) is 0 Å². The maximum absolute atomic E-state index is 13.4. The van der Waals surface area contributed by atoms with Crippen molar-refractivity contribution >= 4 is 39.4 Å². The third-order valence-electron chi connectivity index (χ3n) is 6.01. The Hall–Kier alpha value is -5.36. The first kappa shape index (κ1) is 30.6. The Morgan fingerprint density at radius 2 is 1.35 bits per heavy atom. The Labute approximate surface area is 249 Å². The van der Waals surface area contributed by atoms with E-state index in [9.17, 15) is 18.0 Å². The highest BCUT2D eigenvalue weighted by Crippen LogP contribution is 2.25. The van der Waals surface area contributed by atoms with Crippen molar-refractivity contribution in [1.29, 1.82) is 0 Å². The van der Waals surface area contributed by atoms with Crippen molar-refractivity contribution in [3.63, 3.8) is 0 Å². The molecule has 0 fully saturated rings. The molecular weight excluding hydrogens is 572 g/mol. The van der Waals surface area contributed by atoms with Gasteiger partial charge in [-0.15, -0.1) is 0 Å². The molecule has 0 heterocycles. The lowest BCUT2D eigenvalue weighted by Gasteiger charge is -2.23. The molecule has 12 heteroatoms. The van der Waals surface area contributed by atoms with Crippen molar-refractivity contribution in [3.05, 3.63) is 109 Å². The van der Waals surface area contributed by atoms with Crippen molar-refractivity contribution in [2.45, 2.75) is 4.90 Å². The molecule has 2 amide bonds. The maximum atomic E-state index is 13.4.